The van der Waals surface area contributed by atoms with E-state index in [4.69, 9.17) is 26.4 Å². The van der Waals surface area contributed by atoms with Crippen molar-refractivity contribution in [1.82, 2.24) is 14.9 Å². The van der Waals surface area contributed by atoms with Crippen molar-refractivity contribution in [3.8, 4) is 28.6 Å². The summed E-state index contributed by atoms with van der Waals surface area (Å²) >= 11 is 5.32. The van der Waals surface area contributed by atoms with Gasteiger partial charge in [-0.2, -0.15) is 14.9 Å². The minimum Gasteiger partial charge on any atom is -0.493 e. The molecule has 0 bridgehead atoms. The summed E-state index contributed by atoms with van der Waals surface area (Å²) in [7, 11) is 4.70. The van der Waals surface area contributed by atoms with Crippen molar-refractivity contribution in [3.63, 3.8) is 0 Å². The molecular formula is C19H20N4O3S. The van der Waals surface area contributed by atoms with E-state index in [2.05, 4.69) is 15.3 Å². The van der Waals surface area contributed by atoms with Crippen LogP contribution >= 0.6 is 12.2 Å². The minimum absolute atomic E-state index is 0.390. The zero-order chi connectivity index (χ0) is 19.4. The van der Waals surface area contributed by atoms with Crippen LogP contribution in [0.25, 0.3) is 11.4 Å². The van der Waals surface area contributed by atoms with E-state index in [1.165, 1.54) is 0 Å². The van der Waals surface area contributed by atoms with Gasteiger partial charge in [0.2, 0.25) is 10.5 Å². The third-order valence-corrected chi connectivity index (χ3v) is 4.27. The van der Waals surface area contributed by atoms with Gasteiger partial charge in [0.25, 0.3) is 0 Å². The normalized spacial score (nSPS) is 11.0. The molecular weight excluding hydrogens is 364 g/mol. The fraction of sp³-hybridized carbons (Fsp3) is 0.211. The van der Waals surface area contributed by atoms with E-state index in [0.29, 0.717) is 33.4 Å². The lowest BCUT2D eigenvalue weighted by Crippen LogP contribution is -2.00. The molecule has 3 rings (SSSR count). The molecule has 0 aliphatic rings. The number of ether oxygens (including phenoxy) is 3. The Hall–Kier alpha value is -3.13. The molecule has 0 saturated heterocycles. The summed E-state index contributed by atoms with van der Waals surface area (Å²) in [5, 5.41) is 11.6. The van der Waals surface area contributed by atoms with Crippen LogP contribution in [0, 0.1) is 11.7 Å². The van der Waals surface area contributed by atoms with Gasteiger partial charge in [-0.15, -0.1) is 0 Å². The molecule has 1 heterocycles. The van der Waals surface area contributed by atoms with Crippen LogP contribution in [-0.4, -0.2) is 42.4 Å². The Morgan fingerprint density at radius 3 is 2.33 bits per heavy atom. The van der Waals surface area contributed by atoms with Crippen LogP contribution in [-0.2, 0) is 0 Å². The molecule has 0 fully saturated rings. The molecule has 0 amide bonds. The standard InChI is InChI=1S/C19H20N4O3S/c1-12-5-7-13(8-6-12)18-21-22-19(27)23(18)20-11-14-9-10-15(24-2)17(26-4)16(14)25-3/h5-11H,1-4H3,(H,22,27)/b20-11-. The highest BCUT2D eigenvalue weighted by Crippen LogP contribution is 2.39. The molecule has 27 heavy (non-hydrogen) atoms. The molecule has 0 radical (unpaired) electrons. The molecule has 0 saturated carbocycles. The third kappa shape index (κ3) is 3.70. The van der Waals surface area contributed by atoms with Crippen molar-refractivity contribution in [3.05, 3.63) is 52.3 Å². The molecule has 2 aromatic carbocycles. The van der Waals surface area contributed by atoms with Gasteiger partial charge >= 0.3 is 0 Å². The maximum Gasteiger partial charge on any atom is 0.216 e. The van der Waals surface area contributed by atoms with Gasteiger partial charge in [-0.3, -0.25) is 0 Å². The molecule has 3 aromatic rings. The van der Waals surface area contributed by atoms with Crippen molar-refractivity contribution in [2.24, 2.45) is 5.10 Å². The number of methoxy groups -OCH3 is 3. The summed E-state index contributed by atoms with van der Waals surface area (Å²) in [5.41, 5.74) is 2.79. The maximum atomic E-state index is 5.48. The first-order valence-corrected chi connectivity index (χ1v) is 8.57. The number of hydrogen-bond acceptors (Lipinski definition) is 6. The first-order chi connectivity index (χ1) is 13.1. The third-order valence-electron chi connectivity index (χ3n) is 4.01. The van der Waals surface area contributed by atoms with E-state index in [9.17, 15) is 0 Å². The van der Waals surface area contributed by atoms with Crippen LogP contribution < -0.4 is 14.2 Å². The Bertz CT molecular complexity index is 1020. The monoisotopic (exact) mass is 384 g/mol. The second-order valence-corrected chi connectivity index (χ2v) is 6.09. The van der Waals surface area contributed by atoms with E-state index in [-0.39, 0.29) is 0 Å². The van der Waals surface area contributed by atoms with Crippen LogP contribution in [0.5, 0.6) is 17.2 Å². The predicted molar refractivity (Wildman–Crippen MR) is 107 cm³/mol. The number of H-pyrrole nitrogens is 1. The number of aromatic amines is 1. The fourth-order valence-corrected chi connectivity index (χ4v) is 2.81. The lowest BCUT2D eigenvalue weighted by molar-refractivity contribution is 0.324. The summed E-state index contributed by atoms with van der Waals surface area (Å²) < 4.78 is 18.1. The van der Waals surface area contributed by atoms with E-state index >= 15 is 0 Å². The molecule has 0 atom stereocenters. The summed E-state index contributed by atoms with van der Waals surface area (Å²) in [6.07, 6.45) is 1.64. The average molecular weight is 384 g/mol. The van der Waals surface area contributed by atoms with E-state index < -0.39 is 0 Å². The zero-order valence-electron chi connectivity index (χ0n) is 15.5. The molecule has 1 aromatic heterocycles. The van der Waals surface area contributed by atoms with Crippen LogP contribution in [0.3, 0.4) is 0 Å². The highest BCUT2D eigenvalue weighted by Gasteiger charge is 2.15. The lowest BCUT2D eigenvalue weighted by atomic mass is 10.1. The summed E-state index contributed by atoms with van der Waals surface area (Å²) in [4.78, 5) is 0. The van der Waals surface area contributed by atoms with E-state index in [1.807, 2.05) is 37.3 Å². The Kier molecular flexibility index (Phi) is 5.56. The van der Waals surface area contributed by atoms with E-state index in [0.717, 1.165) is 11.1 Å². The van der Waals surface area contributed by atoms with Gasteiger partial charge in [0, 0.05) is 11.1 Å². The average Bonchev–Trinajstić information content (AvgIpc) is 3.06. The second kappa shape index (κ2) is 8.05. The number of hydrogen-bond donors (Lipinski definition) is 1. The van der Waals surface area contributed by atoms with Crippen molar-refractivity contribution in [2.75, 3.05) is 21.3 Å². The molecule has 1 N–H and O–H groups in total. The van der Waals surface area contributed by atoms with Crippen LogP contribution in [0.15, 0.2) is 41.5 Å². The van der Waals surface area contributed by atoms with Crippen LogP contribution in [0.2, 0.25) is 0 Å². The number of aryl methyl sites for hydroxylation is 1. The Balaban J connectivity index is 2.04. The van der Waals surface area contributed by atoms with Gasteiger partial charge in [-0.1, -0.05) is 29.8 Å². The largest absolute Gasteiger partial charge is 0.493 e. The molecule has 0 aliphatic carbocycles. The number of nitrogens with one attached hydrogen (secondary N) is 1. The fourth-order valence-electron chi connectivity index (χ4n) is 2.63. The highest BCUT2D eigenvalue weighted by molar-refractivity contribution is 7.71. The Labute approximate surface area is 162 Å². The van der Waals surface area contributed by atoms with Crippen molar-refractivity contribution in [2.45, 2.75) is 6.92 Å². The Morgan fingerprint density at radius 1 is 1.00 bits per heavy atom. The second-order valence-electron chi connectivity index (χ2n) is 5.70. The van der Waals surface area contributed by atoms with Gasteiger partial charge in [0.1, 0.15) is 0 Å². The number of aromatic nitrogens is 3. The predicted octanol–water partition coefficient (Wildman–Crippen LogP) is 3.82. The van der Waals surface area contributed by atoms with Crippen molar-refractivity contribution in [1.29, 1.82) is 0 Å². The van der Waals surface area contributed by atoms with Crippen molar-refractivity contribution >= 4 is 18.4 Å². The first kappa shape index (κ1) is 18.7. The molecule has 7 nitrogen and oxygen atoms in total. The number of nitrogens with zero attached hydrogens (tertiary/aromatic N) is 3. The van der Waals surface area contributed by atoms with Gasteiger partial charge in [-0.05, 0) is 31.3 Å². The molecule has 0 aliphatic heterocycles. The zero-order valence-corrected chi connectivity index (χ0v) is 16.3. The lowest BCUT2D eigenvalue weighted by Gasteiger charge is -2.13. The van der Waals surface area contributed by atoms with Gasteiger partial charge in [0.05, 0.1) is 27.5 Å². The van der Waals surface area contributed by atoms with Gasteiger partial charge < -0.3 is 14.2 Å². The molecule has 0 unspecified atom stereocenters. The van der Waals surface area contributed by atoms with Crippen LogP contribution in [0.4, 0.5) is 0 Å². The quantitative estimate of drug-likeness (QED) is 0.517. The summed E-state index contributed by atoms with van der Waals surface area (Å²) in [6, 6.07) is 11.6. The smallest absolute Gasteiger partial charge is 0.216 e. The van der Waals surface area contributed by atoms with Crippen molar-refractivity contribution < 1.29 is 14.2 Å². The minimum atomic E-state index is 0.390. The molecule has 8 heteroatoms. The molecule has 0 spiro atoms. The van der Waals surface area contributed by atoms with Crippen LogP contribution in [0.1, 0.15) is 11.1 Å². The number of benzene rings is 2. The van der Waals surface area contributed by atoms with Gasteiger partial charge in [-0.25, -0.2) is 5.10 Å². The SMILES string of the molecule is COc1ccc(/C=N\n2c(-c3ccc(C)cc3)n[nH]c2=S)c(OC)c1OC. The van der Waals surface area contributed by atoms with E-state index in [1.54, 1.807) is 38.3 Å². The first-order valence-electron chi connectivity index (χ1n) is 8.16. The molecule has 140 valence electrons. The summed E-state index contributed by atoms with van der Waals surface area (Å²) in [5.74, 6) is 2.22. The Morgan fingerprint density at radius 2 is 1.70 bits per heavy atom. The topological polar surface area (TPSA) is 73.7 Å². The maximum absolute atomic E-state index is 5.48. The van der Waals surface area contributed by atoms with Gasteiger partial charge in [0.15, 0.2) is 17.3 Å². The summed E-state index contributed by atoms with van der Waals surface area (Å²) in [6.45, 7) is 2.03. The number of rotatable bonds is 6. The highest BCUT2D eigenvalue weighted by atomic mass is 32.1.